The lowest BCUT2D eigenvalue weighted by Crippen LogP contribution is -2.57. The third kappa shape index (κ3) is 9.07. The van der Waals surface area contributed by atoms with Gasteiger partial charge in [0.05, 0.1) is 39.6 Å². The Morgan fingerprint density at radius 2 is 1.02 bits per heavy atom. The zero-order valence-corrected chi connectivity index (χ0v) is 28.8. The van der Waals surface area contributed by atoms with Gasteiger partial charge in [-0.1, -0.05) is 90.8 Å². The second-order valence-corrected chi connectivity index (χ2v) is 15.7. The smallest absolute Gasteiger partial charge is 0.496 e. The van der Waals surface area contributed by atoms with Crippen LogP contribution in [0.2, 0.25) is 0 Å². The molecule has 2 aliphatic rings. The minimum absolute atomic E-state index is 0.00395. The van der Waals surface area contributed by atoms with E-state index in [1.807, 2.05) is 48.5 Å². The minimum Gasteiger partial charge on any atom is -0.496 e. The third-order valence-corrected chi connectivity index (χ3v) is 11.9. The largest absolute Gasteiger partial charge is 0.680 e. The second kappa shape index (κ2) is 15.9. The first-order valence-electron chi connectivity index (χ1n) is 16.5. The molecule has 4 rings (SSSR count). The topological polar surface area (TPSA) is 55.4 Å². The zero-order valence-electron chi connectivity index (χ0n) is 27.8. The molecule has 0 N–H and O–H groups in total. The highest BCUT2D eigenvalue weighted by molar-refractivity contribution is 6.53. The van der Waals surface area contributed by atoms with Gasteiger partial charge in [0.25, 0.3) is 0 Å². The van der Waals surface area contributed by atoms with E-state index in [-0.39, 0.29) is 25.4 Å². The Balaban J connectivity index is 1.75. The SMILES string of the molecule is COc1ccccc1CO[Si](OCc1ccccc1OC)(O[C@@H]1C[C@H](C)CC[C@H]1C(C)C)O[C@@H]1C[C@H](C)CC[C@H]1C(C)C. The lowest BCUT2D eigenvalue weighted by molar-refractivity contribution is -0.123. The summed E-state index contributed by atoms with van der Waals surface area (Å²) in [6.45, 7) is 14.5. The van der Waals surface area contributed by atoms with Crippen molar-refractivity contribution < 1.29 is 27.2 Å². The number of benzene rings is 2. The van der Waals surface area contributed by atoms with Crippen LogP contribution in [0.15, 0.2) is 48.5 Å². The number of hydrogen-bond acceptors (Lipinski definition) is 6. The summed E-state index contributed by atoms with van der Waals surface area (Å²) in [4.78, 5) is 0. The molecule has 7 heteroatoms. The van der Waals surface area contributed by atoms with Crippen molar-refractivity contribution in [3.8, 4) is 11.5 Å². The van der Waals surface area contributed by atoms with E-state index < -0.39 is 9.05 Å². The van der Waals surface area contributed by atoms with E-state index >= 15 is 0 Å². The van der Waals surface area contributed by atoms with Gasteiger partial charge in [-0.15, -0.1) is 0 Å². The van der Waals surface area contributed by atoms with E-state index in [0.29, 0.717) is 35.5 Å². The van der Waals surface area contributed by atoms with Crippen molar-refractivity contribution >= 4 is 9.05 Å². The van der Waals surface area contributed by atoms with Crippen molar-refractivity contribution in [1.82, 2.24) is 0 Å². The molecule has 2 fully saturated rings. The van der Waals surface area contributed by atoms with Gasteiger partial charge in [-0.05, 0) is 73.3 Å². The number of rotatable bonds is 14. The summed E-state index contributed by atoms with van der Waals surface area (Å²) in [7, 11) is -0.360. The predicted molar refractivity (Wildman–Crippen MR) is 174 cm³/mol. The summed E-state index contributed by atoms with van der Waals surface area (Å²) >= 11 is 0. The summed E-state index contributed by atoms with van der Waals surface area (Å²) < 4.78 is 39.8. The molecule has 0 amide bonds. The normalized spacial score (nSPS) is 26.6. The van der Waals surface area contributed by atoms with Crippen LogP contribution in [-0.4, -0.2) is 35.5 Å². The average molecular weight is 613 g/mol. The van der Waals surface area contributed by atoms with Gasteiger partial charge in [0, 0.05) is 11.1 Å². The van der Waals surface area contributed by atoms with Gasteiger partial charge >= 0.3 is 9.05 Å². The van der Waals surface area contributed by atoms with Crippen LogP contribution in [0, 0.1) is 35.5 Å². The molecule has 240 valence electrons. The number of para-hydroxylation sites is 2. The van der Waals surface area contributed by atoms with E-state index in [2.05, 4.69) is 41.5 Å². The Hall–Kier alpha value is -1.90. The lowest BCUT2D eigenvalue weighted by atomic mass is 9.75. The molecule has 0 aliphatic heterocycles. The maximum absolute atomic E-state index is 7.27. The molecule has 0 heterocycles. The van der Waals surface area contributed by atoms with Crippen molar-refractivity contribution in [1.29, 1.82) is 0 Å². The summed E-state index contributed by atoms with van der Waals surface area (Å²) in [5.74, 6) is 4.55. The van der Waals surface area contributed by atoms with Gasteiger partial charge < -0.3 is 27.2 Å². The second-order valence-electron chi connectivity index (χ2n) is 13.7. The van der Waals surface area contributed by atoms with Gasteiger partial charge in [-0.25, -0.2) is 0 Å². The number of hydrogen-bond donors (Lipinski definition) is 0. The highest BCUT2D eigenvalue weighted by Crippen LogP contribution is 2.41. The molecule has 43 heavy (non-hydrogen) atoms. The summed E-state index contributed by atoms with van der Waals surface area (Å²) in [6, 6.07) is 16.0. The predicted octanol–water partition coefficient (Wildman–Crippen LogP) is 8.83. The first kappa shape index (κ1) is 34.0. The molecule has 0 unspecified atom stereocenters. The van der Waals surface area contributed by atoms with E-state index in [0.717, 1.165) is 48.3 Å². The summed E-state index contributed by atoms with van der Waals surface area (Å²) in [5, 5.41) is 0. The van der Waals surface area contributed by atoms with E-state index in [9.17, 15) is 0 Å². The van der Waals surface area contributed by atoms with Gasteiger partial charge in [-0.3, -0.25) is 0 Å². The Kier molecular flexibility index (Phi) is 12.6. The Morgan fingerprint density at radius 1 is 0.628 bits per heavy atom. The van der Waals surface area contributed by atoms with Crippen LogP contribution in [0.1, 0.15) is 91.2 Å². The van der Waals surface area contributed by atoms with Crippen molar-refractivity contribution in [2.45, 2.75) is 105 Å². The fraction of sp³-hybridized carbons (Fsp3) is 0.667. The monoisotopic (exact) mass is 612 g/mol. The molecule has 2 saturated carbocycles. The Bertz CT molecular complexity index is 1030. The van der Waals surface area contributed by atoms with Crippen molar-refractivity contribution in [2.75, 3.05) is 14.2 Å². The molecule has 0 spiro atoms. The zero-order chi connectivity index (χ0) is 31.0. The molecular formula is C36H56O6Si. The highest BCUT2D eigenvalue weighted by atomic mass is 28.4. The van der Waals surface area contributed by atoms with Crippen LogP contribution >= 0.6 is 0 Å². The summed E-state index contributed by atoms with van der Waals surface area (Å²) in [6.07, 6.45) is 6.69. The molecular weight excluding hydrogens is 556 g/mol. The van der Waals surface area contributed by atoms with Gasteiger partial charge in [0.2, 0.25) is 0 Å². The van der Waals surface area contributed by atoms with Crippen LogP contribution in [0.5, 0.6) is 11.5 Å². The molecule has 0 saturated heterocycles. The Morgan fingerprint density at radius 3 is 1.40 bits per heavy atom. The van der Waals surface area contributed by atoms with Crippen LogP contribution < -0.4 is 9.47 Å². The molecule has 0 aromatic heterocycles. The summed E-state index contributed by atoms with van der Waals surface area (Å²) in [5.41, 5.74) is 1.90. The fourth-order valence-corrected chi connectivity index (χ4v) is 9.41. The minimum atomic E-state index is -3.75. The molecule has 0 radical (unpaired) electrons. The standard InChI is InChI=1S/C36H56O6Si/c1-25(2)31-19-17-27(5)21-35(31)41-43(39-23-29-13-9-11-15-33(29)37-7,40-24-30-14-10-12-16-34(30)38-8)42-36-22-28(6)18-20-32(36)26(3)4/h9-16,25-28,31-32,35-36H,17-24H2,1-8H3/t27-,28-,31+,32+,35-,36-/m1/s1. The lowest BCUT2D eigenvalue weighted by Gasteiger charge is -2.44. The van der Waals surface area contributed by atoms with Crippen LogP contribution in [0.3, 0.4) is 0 Å². The third-order valence-electron chi connectivity index (χ3n) is 9.71. The van der Waals surface area contributed by atoms with E-state index in [1.165, 1.54) is 12.8 Å². The quantitative estimate of drug-likeness (QED) is 0.199. The van der Waals surface area contributed by atoms with Crippen molar-refractivity contribution in [3.05, 3.63) is 59.7 Å². The van der Waals surface area contributed by atoms with Gasteiger partial charge in [-0.2, -0.15) is 0 Å². The fourth-order valence-electron chi connectivity index (χ4n) is 7.05. The van der Waals surface area contributed by atoms with Gasteiger partial charge in [0.15, 0.2) is 0 Å². The maximum Gasteiger partial charge on any atom is 0.680 e. The van der Waals surface area contributed by atoms with E-state index in [1.54, 1.807) is 14.2 Å². The van der Waals surface area contributed by atoms with E-state index in [4.69, 9.17) is 27.2 Å². The molecule has 6 atom stereocenters. The van der Waals surface area contributed by atoms with Crippen molar-refractivity contribution in [3.63, 3.8) is 0 Å². The van der Waals surface area contributed by atoms with Crippen LogP contribution in [-0.2, 0) is 30.9 Å². The van der Waals surface area contributed by atoms with Crippen LogP contribution in [0.4, 0.5) is 0 Å². The van der Waals surface area contributed by atoms with Crippen molar-refractivity contribution in [2.24, 2.45) is 35.5 Å². The highest BCUT2D eigenvalue weighted by Gasteiger charge is 2.53. The maximum atomic E-state index is 7.27. The molecule has 0 bridgehead atoms. The molecule has 6 nitrogen and oxygen atoms in total. The van der Waals surface area contributed by atoms with Gasteiger partial charge in [0.1, 0.15) is 11.5 Å². The molecule has 2 aromatic rings. The Labute approximate surface area is 262 Å². The number of methoxy groups -OCH3 is 2. The van der Waals surface area contributed by atoms with Crippen LogP contribution in [0.25, 0.3) is 0 Å². The first-order valence-corrected chi connectivity index (χ1v) is 18.1. The first-order chi connectivity index (χ1) is 20.6. The molecule has 2 aromatic carbocycles. The average Bonchev–Trinajstić information content (AvgIpc) is 2.99. The number of ether oxygens (including phenoxy) is 2. The molecule has 2 aliphatic carbocycles.